The predicted octanol–water partition coefficient (Wildman–Crippen LogP) is 2.85. The highest BCUT2D eigenvalue weighted by molar-refractivity contribution is 5.87. The van der Waals surface area contributed by atoms with Crippen LogP contribution in [-0.2, 0) is 9.53 Å². The molecule has 0 aromatic heterocycles. The highest BCUT2D eigenvalue weighted by atomic mass is 16.5. The zero-order valence-corrected chi connectivity index (χ0v) is 9.83. The van der Waals surface area contributed by atoms with E-state index in [-0.39, 0.29) is 16.8 Å². The lowest BCUT2D eigenvalue weighted by molar-refractivity contribution is -0.140. The van der Waals surface area contributed by atoms with Gasteiger partial charge in [0, 0.05) is 11.3 Å². The smallest absolute Gasteiger partial charge is 0.152 e. The molecule has 1 fully saturated rings. The molecule has 0 N–H and O–H groups in total. The summed E-state index contributed by atoms with van der Waals surface area (Å²) < 4.78 is 5.94. The molecule has 2 heteroatoms. The fraction of sp³-hybridized carbons (Fsp3) is 0.615. The van der Waals surface area contributed by atoms with Gasteiger partial charge in [-0.1, -0.05) is 13.8 Å². The van der Waals surface area contributed by atoms with Gasteiger partial charge in [-0.25, -0.2) is 0 Å². The van der Waals surface area contributed by atoms with Gasteiger partial charge in [0.25, 0.3) is 0 Å². The third-order valence-corrected chi connectivity index (χ3v) is 3.67. The maximum atomic E-state index is 11.0. The largest absolute Gasteiger partial charge is 0.487 e. The molecule has 2 nitrogen and oxygen atoms in total. The van der Waals surface area contributed by atoms with Crippen molar-refractivity contribution in [2.24, 2.45) is 11.3 Å². The van der Waals surface area contributed by atoms with E-state index in [4.69, 9.17) is 4.74 Å². The normalized spacial score (nSPS) is 36.8. The van der Waals surface area contributed by atoms with Gasteiger partial charge < -0.3 is 4.74 Å². The van der Waals surface area contributed by atoms with Crippen molar-refractivity contribution < 1.29 is 9.53 Å². The molecule has 0 aromatic rings. The zero-order valence-electron chi connectivity index (χ0n) is 9.83. The van der Waals surface area contributed by atoms with Crippen LogP contribution in [0.5, 0.6) is 0 Å². The molecule has 0 saturated heterocycles. The average molecular weight is 206 g/mol. The molecule has 0 spiro atoms. The number of ether oxygens (including phenoxy) is 1. The summed E-state index contributed by atoms with van der Waals surface area (Å²) in [5.41, 5.74) is -0.138. The molecule has 0 bridgehead atoms. The molecule has 0 radical (unpaired) electrons. The Morgan fingerprint density at radius 3 is 2.73 bits per heavy atom. The summed E-state index contributed by atoms with van der Waals surface area (Å²) in [6.07, 6.45) is 6.90. The third kappa shape index (κ3) is 1.35. The first kappa shape index (κ1) is 10.5. The van der Waals surface area contributed by atoms with Crippen LogP contribution in [0, 0.1) is 11.3 Å². The van der Waals surface area contributed by atoms with E-state index in [0.29, 0.717) is 5.92 Å². The first-order valence-corrected chi connectivity index (χ1v) is 5.45. The van der Waals surface area contributed by atoms with E-state index in [0.717, 1.165) is 12.2 Å². The van der Waals surface area contributed by atoms with Crippen LogP contribution in [0.2, 0.25) is 0 Å². The molecule has 1 saturated carbocycles. The van der Waals surface area contributed by atoms with Crippen molar-refractivity contribution in [3.63, 3.8) is 0 Å². The molecule has 1 aliphatic carbocycles. The molecule has 1 aliphatic heterocycles. The minimum Gasteiger partial charge on any atom is -0.487 e. The van der Waals surface area contributed by atoms with Gasteiger partial charge >= 0.3 is 0 Å². The second kappa shape index (κ2) is 2.97. The van der Waals surface area contributed by atoms with Crippen LogP contribution in [0.4, 0.5) is 0 Å². The molecule has 2 rings (SSSR count). The molecular formula is C13H18O2. The molecule has 2 atom stereocenters. The lowest BCUT2D eigenvalue weighted by Crippen LogP contribution is -2.58. The van der Waals surface area contributed by atoms with Crippen molar-refractivity contribution in [2.45, 2.75) is 39.7 Å². The molecule has 1 heterocycles. The molecule has 0 aromatic carbocycles. The van der Waals surface area contributed by atoms with Gasteiger partial charge in [0.15, 0.2) is 5.78 Å². The van der Waals surface area contributed by atoms with Gasteiger partial charge in [-0.15, -0.1) is 0 Å². The van der Waals surface area contributed by atoms with Crippen LogP contribution >= 0.6 is 0 Å². The molecular weight excluding hydrogens is 188 g/mol. The predicted molar refractivity (Wildman–Crippen MR) is 59.3 cm³/mol. The number of rotatable bonds is 2. The van der Waals surface area contributed by atoms with E-state index in [1.165, 1.54) is 0 Å². The third-order valence-electron chi connectivity index (χ3n) is 3.67. The van der Waals surface area contributed by atoms with E-state index < -0.39 is 0 Å². The summed E-state index contributed by atoms with van der Waals surface area (Å²) in [7, 11) is 0. The molecule has 15 heavy (non-hydrogen) atoms. The Bertz CT molecular complexity index is 363. The Morgan fingerprint density at radius 2 is 2.27 bits per heavy atom. The summed E-state index contributed by atoms with van der Waals surface area (Å²) in [5.74, 6) is 1.51. The SMILES string of the molecule is CC(=O)/C=C/C12OC(C)=CC1CC2(C)C. The van der Waals surface area contributed by atoms with E-state index >= 15 is 0 Å². The van der Waals surface area contributed by atoms with Crippen LogP contribution in [0.1, 0.15) is 34.1 Å². The summed E-state index contributed by atoms with van der Waals surface area (Å²) >= 11 is 0. The van der Waals surface area contributed by atoms with E-state index in [2.05, 4.69) is 19.9 Å². The molecule has 2 aliphatic rings. The van der Waals surface area contributed by atoms with Crippen molar-refractivity contribution in [1.82, 2.24) is 0 Å². The van der Waals surface area contributed by atoms with E-state index in [9.17, 15) is 4.79 Å². The van der Waals surface area contributed by atoms with Crippen LogP contribution in [-0.4, -0.2) is 11.4 Å². The first-order valence-electron chi connectivity index (χ1n) is 5.45. The maximum Gasteiger partial charge on any atom is 0.152 e. The van der Waals surface area contributed by atoms with Gasteiger partial charge in [0.1, 0.15) is 5.60 Å². The van der Waals surface area contributed by atoms with E-state index in [1.54, 1.807) is 13.0 Å². The quantitative estimate of drug-likeness (QED) is 0.649. The van der Waals surface area contributed by atoms with Gasteiger partial charge in [-0.05, 0) is 38.5 Å². The molecule has 82 valence electrons. The topological polar surface area (TPSA) is 26.3 Å². The number of carbonyl (C=O) groups excluding carboxylic acids is 1. The highest BCUT2D eigenvalue weighted by Gasteiger charge is 2.62. The number of hydrogen-bond donors (Lipinski definition) is 0. The van der Waals surface area contributed by atoms with Gasteiger partial charge in [-0.3, -0.25) is 4.79 Å². The Balaban J connectivity index is 2.28. The number of fused-ring (bicyclic) bond motifs is 1. The Morgan fingerprint density at radius 1 is 1.60 bits per heavy atom. The zero-order chi connectivity index (χ0) is 11.3. The standard InChI is InChI=1S/C13H18O2/c1-9(14)5-6-13-11(7-10(2)15-13)8-12(13,3)4/h5-7,11H,8H2,1-4H3/b6-5+. The van der Waals surface area contributed by atoms with Gasteiger partial charge in [0.2, 0.25) is 0 Å². The minimum atomic E-state index is -0.261. The Kier molecular flexibility index (Phi) is 2.07. The summed E-state index contributed by atoms with van der Waals surface area (Å²) in [6, 6.07) is 0. The van der Waals surface area contributed by atoms with Crippen molar-refractivity contribution in [3.8, 4) is 0 Å². The average Bonchev–Trinajstić information content (AvgIpc) is 2.36. The van der Waals surface area contributed by atoms with Crippen LogP contribution in [0.25, 0.3) is 0 Å². The number of ketones is 1. The van der Waals surface area contributed by atoms with Crippen molar-refractivity contribution in [3.05, 3.63) is 24.0 Å². The summed E-state index contributed by atoms with van der Waals surface area (Å²) in [6.45, 7) is 7.95. The summed E-state index contributed by atoms with van der Waals surface area (Å²) in [4.78, 5) is 11.0. The van der Waals surface area contributed by atoms with Crippen LogP contribution in [0.15, 0.2) is 24.0 Å². The second-order valence-electron chi connectivity index (χ2n) is 5.31. The first-order chi connectivity index (χ1) is 6.87. The number of carbonyl (C=O) groups is 1. The van der Waals surface area contributed by atoms with E-state index in [1.807, 2.05) is 13.0 Å². The van der Waals surface area contributed by atoms with Gasteiger partial charge in [-0.2, -0.15) is 0 Å². The lowest BCUT2D eigenvalue weighted by Gasteiger charge is -2.55. The Labute approximate surface area is 91.0 Å². The van der Waals surface area contributed by atoms with Crippen molar-refractivity contribution in [2.75, 3.05) is 0 Å². The molecule has 0 amide bonds. The highest BCUT2D eigenvalue weighted by Crippen LogP contribution is 2.61. The number of hydrogen-bond acceptors (Lipinski definition) is 2. The fourth-order valence-corrected chi connectivity index (χ4v) is 2.84. The lowest BCUT2D eigenvalue weighted by atomic mass is 9.52. The maximum absolute atomic E-state index is 11.0. The monoisotopic (exact) mass is 206 g/mol. The summed E-state index contributed by atoms with van der Waals surface area (Å²) in [5, 5.41) is 0. The van der Waals surface area contributed by atoms with Gasteiger partial charge in [0.05, 0.1) is 5.76 Å². The van der Waals surface area contributed by atoms with Crippen LogP contribution in [0.3, 0.4) is 0 Å². The second-order valence-corrected chi connectivity index (χ2v) is 5.31. The molecule has 2 unspecified atom stereocenters. The van der Waals surface area contributed by atoms with Crippen molar-refractivity contribution >= 4 is 5.78 Å². The van der Waals surface area contributed by atoms with Crippen molar-refractivity contribution in [1.29, 1.82) is 0 Å². The fourth-order valence-electron chi connectivity index (χ4n) is 2.84. The Hall–Kier alpha value is -1.05. The van der Waals surface area contributed by atoms with Crippen LogP contribution < -0.4 is 0 Å². The minimum absolute atomic E-state index is 0.0824. The number of allylic oxidation sites excluding steroid dienone is 2.